The van der Waals surface area contributed by atoms with Gasteiger partial charge in [0.15, 0.2) is 17.3 Å². The van der Waals surface area contributed by atoms with Crippen LogP contribution in [0.2, 0.25) is 0 Å². The lowest BCUT2D eigenvalue weighted by Crippen LogP contribution is -2.35. The highest BCUT2D eigenvalue weighted by atomic mass is 32.2. The zero-order chi connectivity index (χ0) is 29.0. The molecule has 3 N–H and O–H groups in total. The molecule has 40 heavy (non-hydrogen) atoms. The van der Waals surface area contributed by atoms with Crippen LogP contribution in [0.4, 0.5) is 19.0 Å². The maximum absolute atomic E-state index is 14.0. The van der Waals surface area contributed by atoms with Crippen molar-refractivity contribution in [2.24, 2.45) is 5.14 Å². The Morgan fingerprint density at radius 2 is 1.82 bits per heavy atom. The Bertz CT molecular complexity index is 1790. The monoisotopic (exact) mass is 575 g/mol. The van der Waals surface area contributed by atoms with Gasteiger partial charge in [0.25, 0.3) is 5.56 Å². The summed E-state index contributed by atoms with van der Waals surface area (Å²) in [4.78, 5) is 39.0. The Hall–Kier alpha value is -4.05. The molecule has 4 aromatic heterocycles. The summed E-state index contributed by atoms with van der Waals surface area (Å²) in [6.45, 7) is 4.04. The predicted octanol–water partition coefficient (Wildman–Crippen LogP) is 2.92. The molecule has 0 bridgehead atoms. The van der Waals surface area contributed by atoms with Crippen molar-refractivity contribution < 1.29 is 21.6 Å². The Labute approximate surface area is 226 Å². The molecule has 1 aliphatic carbocycles. The van der Waals surface area contributed by atoms with E-state index in [-0.39, 0.29) is 45.9 Å². The molecule has 210 valence electrons. The predicted molar refractivity (Wildman–Crippen MR) is 138 cm³/mol. The largest absolute Gasteiger partial charge is 0.409 e. The second-order valence-electron chi connectivity index (χ2n) is 9.54. The van der Waals surface area contributed by atoms with Crippen LogP contribution < -0.4 is 16.0 Å². The van der Waals surface area contributed by atoms with E-state index in [1.165, 1.54) is 18.5 Å². The summed E-state index contributed by atoms with van der Waals surface area (Å²) >= 11 is 0. The van der Waals surface area contributed by atoms with Gasteiger partial charge in [-0.05, 0) is 45.7 Å². The molecule has 1 saturated carbocycles. The van der Waals surface area contributed by atoms with Gasteiger partial charge < -0.3 is 5.32 Å². The summed E-state index contributed by atoms with van der Waals surface area (Å²) in [5.74, 6) is -0.0719. The number of nitrogens with two attached hydrogens (primary N) is 1. The van der Waals surface area contributed by atoms with Crippen molar-refractivity contribution in [1.29, 1.82) is 0 Å². The number of alkyl halides is 3. The van der Waals surface area contributed by atoms with Gasteiger partial charge in [-0.1, -0.05) is 0 Å². The van der Waals surface area contributed by atoms with Crippen LogP contribution in [0.3, 0.4) is 0 Å². The lowest BCUT2D eigenvalue weighted by molar-refractivity contribution is -0.162. The van der Waals surface area contributed by atoms with Crippen LogP contribution in [-0.2, 0) is 16.6 Å². The molecule has 0 spiro atoms. The number of halogens is 3. The normalized spacial score (nSPS) is 14.9. The van der Waals surface area contributed by atoms with Gasteiger partial charge in [0.2, 0.25) is 10.0 Å². The molecule has 1 atom stereocenters. The van der Waals surface area contributed by atoms with E-state index in [1.807, 2.05) is 0 Å². The van der Waals surface area contributed by atoms with Crippen molar-refractivity contribution in [3.63, 3.8) is 0 Å². The summed E-state index contributed by atoms with van der Waals surface area (Å²) in [5.41, 5.74) is 1.05. The minimum Gasteiger partial charge on any atom is -0.360 e. The van der Waals surface area contributed by atoms with Gasteiger partial charge in [-0.3, -0.25) is 14.3 Å². The van der Waals surface area contributed by atoms with Crippen LogP contribution in [0, 0.1) is 13.8 Å². The van der Waals surface area contributed by atoms with Crippen molar-refractivity contribution in [1.82, 2.24) is 34.5 Å². The number of hydrogen-bond acceptors (Lipinski definition) is 10. The second kappa shape index (κ2) is 9.85. The molecule has 1 aliphatic rings. The number of nitrogens with zero attached hydrogens (tertiary/aromatic N) is 7. The molecule has 4 aromatic rings. The van der Waals surface area contributed by atoms with Crippen LogP contribution in [0.15, 0.2) is 34.3 Å². The van der Waals surface area contributed by atoms with Crippen molar-refractivity contribution in [2.75, 3.05) is 5.32 Å². The molecule has 0 saturated heterocycles. The molecule has 0 aliphatic heterocycles. The highest BCUT2D eigenvalue weighted by Gasteiger charge is 2.40. The third-order valence-electron chi connectivity index (χ3n) is 6.59. The third kappa shape index (κ3) is 5.23. The zero-order valence-electron chi connectivity index (χ0n) is 21.6. The summed E-state index contributed by atoms with van der Waals surface area (Å²) in [6.07, 6.45) is -0.470. The summed E-state index contributed by atoms with van der Waals surface area (Å²) < 4.78 is 65.4. The maximum atomic E-state index is 14.0. The van der Waals surface area contributed by atoms with Crippen molar-refractivity contribution in [2.45, 2.75) is 63.2 Å². The van der Waals surface area contributed by atoms with Gasteiger partial charge in [0, 0.05) is 12.1 Å². The first-order valence-corrected chi connectivity index (χ1v) is 13.7. The topological polar surface area (TPSA) is 172 Å². The number of hydrogen-bond donors (Lipinski definition) is 2. The number of pyridine rings is 1. The van der Waals surface area contributed by atoms with Crippen molar-refractivity contribution in [3.8, 4) is 11.4 Å². The maximum Gasteiger partial charge on any atom is 0.409 e. The molecule has 16 heteroatoms. The van der Waals surface area contributed by atoms with Gasteiger partial charge in [0.05, 0.1) is 34.9 Å². The van der Waals surface area contributed by atoms with Gasteiger partial charge in [-0.25, -0.2) is 38.5 Å². The molecule has 0 radical (unpaired) electrons. The Balaban J connectivity index is 1.64. The average molecular weight is 576 g/mol. The van der Waals surface area contributed by atoms with Gasteiger partial charge in [-0.2, -0.15) is 13.2 Å². The Morgan fingerprint density at radius 3 is 2.42 bits per heavy atom. The molecule has 5 rings (SSSR count). The smallest absolute Gasteiger partial charge is 0.360 e. The molecule has 12 nitrogen and oxygen atoms in total. The molecular formula is C24H24F3N9O3S. The van der Waals surface area contributed by atoms with Crippen molar-refractivity contribution >= 4 is 27.0 Å². The van der Waals surface area contributed by atoms with Crippen LogP contribution in [0.25, 0.3) is 22.6 Å². The fraction of sp³-hybridized carbons (Fsp3) is 0.375. The number of fused-ring (bicyclic) bond motifs is 1. The number of rotatable bonds is 7. The first-order valence-electron chi connectivity index (χ1n) is 12.2. The lowest BCUT2D eigenvalue weighted by Gasteiger charge is -2.22. The summed E-state index contributed by atoms with van der Waals surface area (Å²) in [5, 5.41) is 7.78. The quantitative estimate of drug-likeness (QED) is 0.334. The SMILES string of the molecule is Cc1ncnc(C2CC2)c1-c1nc(C)c2nc(NCc3ccc(S(N)(=O)=O)cn3)c(=O)n([C@@H](C)C(F)(F)F)c2n1. The average Bonchev–Trinajstić information content (AvgIpc) is 3.72. The summed E-state index contributed by atoms with van der Waals surface area (Å²) in [7, 11) is -3.96. The Kier molecular flexibility index (Phi) is 6.78. The number of anilines is 1. The van der Waals surface area contributed by atoms with Crippen molar-refractivity contribution in [3.05, 3.63) is 57.8 Å². The van der Waals surface area contributed by atoms with E-state index in [0.29, 0.717) is 21.5 Å². The van der Waals surface area contributed by atoms with Crippen LogP contribution >= 0.6 is 0 Å². The first kappa shape index (κ1) is 27.5. The van der Waals surface area contributed by atoms with E-state index in [9.17, 15) is 26.4 Å². The molecular weight excluding hydrogens is 551 g/mol. The number of sulfonamides is 1. The molecule has 0 amide bonds. The van der Waals surface area contributed by atoms with E-state index in [0.717, 1.165) is 31.7 Å². The van der Waals surface area contributed by atoms with Crippen LogP contribution in [0.5, 0.6) is 0 Å². The highest BCUT2D eigenvalue weighted by Crippen LogP contribution is 2.43. The highest BCUT2D eigenvalue weighted by molar-refractivity contribution is 7.89. The number of primary sulfonamides is 1. The summed E-state index contributed by atoms with van der Waals surface area (Å²) in [6, 6.07) is 0.339. The lowest BCUT2D eigenvalue weighted by atomic mass is 10.1. The van der Waals surface area contributed by atoms with Gasteiger partial charge in [0.1, 0.15) is 22.8 Å². The first-order chi connectivity index (χ1) is 18.8. The fourth-order valence-corrected chi connectivity index (χ4v) is 4.70. The van der Waals surface area contributed by atoms with Crippen LogP contribution in [0.1, 0.15) is 54.5 Å². The van der Waals surface area contributed by atoms with Gasteiger partial charge >= 0.3 is 6.18 Å². The molecule has 0 unspecified atom stereocenters. The van der Waals surface area contributed by atoms with E-state index in [4.69, 9.17) is 5.14 Å². The fourth-order valence-electron chi connectivity index (χ4n) is 4.25. The van der Waals surface area contributed by atoms with Crippen LogP contribution in [-0.4, -0.2) is 49.1 Å². The number of aromatic nitrogens is 7. The minimum atomic E-state index is -4.77. The van der Waals surface area contributed by atoms with E-state index >= 15 is 0 Å². The van der Waals surface area contributed by atoms with E-state index < -0.39 is 27.8 Å². The molecule has 4 heterocycles. The Morgan fingerprint density at radius 1 is 1.10 bits per heavy atom. The molecule has 0 aromatic carbocycles. The van der Waals surface area contributed by atoms with E-state index in [1.54, 1.807) is 13.8 Å². The standard InChI is InChI=1S/C24H24F3N9O3S/c1-11-17(19(14-4-5-14)32-10-31-11)20-33-12(2)18-22(35-20)36(13(3)24(25,26)27)23(37)21(34-18)30-8-15-6-7-16(9-29-15)40(28,38)39/h6-7,9-10,13-14H,4-5,8H2,1-3H3,(H,30,34)(H2,28,38,39)/t13-/m0/s1. The second-order valence-corrected chi connectivity index (χ2v) is 11.1. The molecule has 1 fully saturated rings. The third-order valence-corrected chi connectivity index (χ3v) is 7.49. The number of aryl methyl sites for hydroxylation is 2. The van der Waals surface area contributed by atoms with E-state index in [2.05, 4.69) is 35.2 Å². The number of nitrogens with one attached hydrogen (secondary N) is 1. The van der Waals surface area contributed by atoms with Gasteiger partial charge in [-0.15, -0.1) is 0 Å². The minimum absolute atomic E-state index is 0.00181. The zero-order valence-corrected chi connectivity index (χ0v) is 22.4.